The van der Waals surface area contributed by atoms with Crippen LogP contribution in [0.3, 0.4) is 0 Å². The number of benzene rings is 1. The molecular formula is C7H5Br3O2S. The van der Waals surface area contributed by atoms with Crippen LogP contribution in [0, 0.1) is 0 Å². The van der Waals surface area contributed by atoms with E-state index < -0.39 is 13.4 Å². The van der Waals surface area contributed by atoms with Crippen molar-refractivity contribution in [1.29, 1.82) is 0 Å². The van der Waals surface area contributed by atoms with Crippen molar-refractivity contribution in [2.45, 2.75) is 7.22 Å². The zero-order valence-corrected chi connectivity index (χ0v) is 11.8. The third-order valence-electron chi connectivity index (χ3n) is 1.11. The molecule has 1 aromatic rings. The molecule has 0 bridgehead atoms. The Morgan fingerprint density at radius 1 is 1.15 bits per heavy atom. The fourth-order valence-electron chi connectivity index (χ4n) is 0.666. The van der Waals surface area contributed by atoms with Gasteiger partial charge in [-0.1, -0.05) is 18.2 Å². The summed E-state index contributed by atoms with van der Waals surface area (Å²) >= 11 is 7.79. The average Bonchev–Trinajstić information content (AvgIpc) is 2.03. The first-order valence-corrected chi connectivity index (χ1v) is 6.67. The number of halogens is 3. The maximum absolute atomic E-state index is 11.5. The monoisotopic (exact) mass is 390 g/mol. The summed E-state index contributed by atoms with van der Waals surface area (Å²) in [5, 5.41) is 0. The van der Waals surface area contributed by atoms with E-state index in [4.69, 9.17) is 4.18 Å². The predicted octanol–water partition coefficient (Wildman–Crippen LogP) is 3.52. The Hall–Kier alpha value is 0.770. The Kier molecular flexibility index (Phi) is 4.57. The highest BCUT2D eigenvalue weighted by Gasteiger charge is 2.22. The highest BCUT2D eigenvalue weighted by Crippen LogP contribution is 2.36. The maximum atomic E-state index is 11.5. The first-order valence-electron chi connectivity index (χ1n) is 3.22. The third kappa shape index (κ3) is 4.69. The van der Waals surface area contributed by atoms with Crippen LogP contribution in [0.1, 0.15) is 0 Å². The van der Waals surface area contributed by atoms with Gasteiger partial charge in [0.25, 0.3) is 0 Å². The van der Waals surface area contributed by atoms with Gasteiger partial charge >= 0.3 is 0 Å². The zero-order valence-electron chi connectivity index (χ0n) is 6.25. The summed E-state index contributed by atoms with van der Waals surface area (Å²) in [6.45, 7) is 0. The summed E-state index contributed by atoms with van der Waals surface area (Å²) in [6, 6.07) is 8.91. The molecule has 0 amide bonds. The lowest BCUT2D eigenvalue weighted by atomic mass is 10.4. The second-order valence-corrected chi connectivity index (χ2v) is 9.73. The first kappa shape index (κ1) is 11.8. The smallest absolute Gasteiger partial charge is 0.245 e. The fourth-order valence-corrected chi connectivity index (χ4v) is 2.39. The van der Waals surface area contributed by atoms with Crippen LogP contribution in [0.4, 0.5) is 0 Å². The van der Waals surface area contributed by atoms with E-state index in [1.54, 1.807) is 24.3 Å². The van der Waals surface area contributed by atoms with Crippen molar-refractivity contribution >= 4 is 58.9 Å². The van der Waals surface area contributed by atoms with Crippen LogP contribution in [0.15, 0.2) is 35.2 Å². The van der Waals surface area contributed by atoms with Crippen LogP contribution in [0.25, 0.3) is 0 Å². The molecule has 0 N–H and O–H groups in total. The topological polar surface area (TPSA) is 26.3 Å². The lowest BCUT2D eigenvalue weighted by Gasteiger charge is -2.11. The number of rotatable bonds is 2. The minimum Gasteiger partial charge on any atom is -0.245 e. The highest BCUT2D eigenvalue weighted by molar-refractivity contribution is 9.39. The van der Waals surface area contributed by atoms with Gasteiger partial charge < -0.3 is 0 Å². The van der Waals surface area contributed by atoms with Gasteiger partial charge in [0.15, 0.2) is 11.1 Å². The predicted molar refractivity (Wildman–Crippen MR) is 63.4 cm³/mol. The fraction of sp³-hybridized carbons (Fsp3) is 0.143. The third-order valence-corrected chi connectivity index (χ3v) is 3.29. The second-order valence-electron chi connectivity index (χ2n) is 2.08. The van der Waals surface area contributed by atoms with E-state index in [9.17, 15) is 4.21 Å². The summed E-state index contributed by atoms with van der Waals surface area (Å²) in [5.74, 6) is 0. The lowest BCUT2D eigenvalue weighted by molar-refractivity contribution is 0.389. The van der Waals surface area contributed by atoms with E-state index >= 15 is 0 Å². The highest BCUT2D eigenvalue weighted by atomic mass is 80.0. The molecule has 0 spiro atoms. The molecule has 6 heteroatoms. The maximum Gasteiger partial charge on any atom is 0.248 e. The van der Waals surface area contributed by atoms with E-state index in [2.05, 4.69) is 47.8 Å². The molecule has 1 rings (SSSR count). The van der Waals surface area contributed by atoms with Crippen LogP contribution < -0.4 is 0 Å². The average molecular weight is 393 g/mol. The van der Waals surface area contributed by atoms with E-state index in [-0.39, 0.29) is 0 Å². The lowest BCUT2D eigenvalue weighted by Crippen LogP contribution is -2.09. The molecule has 1 atom stereocenters. The van der Waals surface area contributed by atoms with Gasteiger partial charge in [-0.2, -0.15) is 0 Å². The van der Waals surface area contributed by atoms with Crippen molar-refractivity contribution in [3.63, 3.8) is 0 Å². The zero-order chi connectivity index (χ0) is 9.90. The van der Waals surface area contributed by atoms with Gasteiger partial charge in [-0.15, -0.1) is 0 Å². The van der Waals surface area contributed by atoms with Crippen LogP contribution in [-0.2, 0) is 15.3 Å². The Bertz CT molecular complexity index is 296. The SMILES string of the molecule is O=S(OC(Br)(Br)Br)c1ccccc1. The van der Waals surface area contributed by atoms with Crippen LogP contribution in [0.2, 0.25) is 0 Å². The number of hydrogen-bond acceptors (Lipinski definition) is 2. The van der Waals surface area contributed by atoms with Gasteiger partial charge in [0.2, 0.25) is 2.33 Å². The molecule has 0 aliphatic carbocycles. The van der Waals surface area contributed by atoms with Gasteiger partial charge in [0, 0.05) is 0 Å². The van der Waals surface area contributed by atoms with Crippen molar-refractivity contribution in [3.05, 3.63) is 30.3 Å². The molecule has 0 fully saturated rings. The summed E-state index contributed by atoms with van der Waals surface area (Å²) in [7, 11) is 0. The molecule has 0 aliphatic heterocycles. The minimum absolute atomic E-state index is 0.616. The van der Waals surface area contributed by atoms with Crippen LogP contribution in [0.5, 0.6) is 0 Å². The Morgan fingerprint density at radius 2 is 1.69 bits per heavy atom. The second kappa shape index (κ2) is 5.02. The summed E-state index contributed by atoms with van der Waals surface area (Å²) < 4.78 is 15.6. The molecule has 1 unspecified atom stereocenters. The Labute approximate surface area is 104 Å². The van der Waals surface area contributed by atoms with Gasteiger partial charge in [0.05, 0.1) is 4.90 Å². The summed E-state index contributed by atoms with van der Waals surface area (Å²) in [6.07, 6.45) is 0. The summed E-state index contributed by atoms with van der Waals surface area (Å²) in [4.78, 5) is 0.616. The minimum atomic E-state index is -1.49. The molecule has 0 aromatic heterocycles. The molecule has 0 saturated heterocycles. The van der Waals surface area contributed by atoms with Crippen LogP contribution >= 0.6 is 47.8 Å². The van der Waals surface area contributed by atoms with Gasteiger partial charge in [-0.05, 0) is 59.9 Å². The molecule has 0 heterocycles. The quantitative estimate of drug-likeness (QED) is 0.720. The van der Waals surface area contributed by atoms with Crippen molar-refractivity contribution in [3.8, 4) is 0 Å². The number of alkyl halides is 3. The Balaban J connectivity index is 2.71. The van der Waals surface area contributed by atoms with E-state index in [0.29, 0.717) is 4.90 Å². The van der Waals surface area contributed by atoms with Crippen molar-refractivity contribution in [2.75, 3.05) is 0 Å². The normalized spacial score (nSPS) is 14.1. The van der Waals surface area contributed by atoms with E-state index in [0.717, 1.165) is 0 Å². The van der Waals surface area contributed by atoms with Crippen molar-refractivity contribution in [2.24, 2.45) is 0 Å². The molecule has 72 valence electrons. The largest absolute Gasteiger partial charge is 0.248 e. The van der Waals surface area contributed by atoms with Crippen molar-refractivity contribution in [1.82, 2.24) is 0 Å². The standard InChI is InChI=1S/C7H5Br3O2S/c8-7(9,10)12-13(11)6-4-2-1-3-5-6/h1-5H. The Morgan fingerprint density at radius 3 is 2.15 bits per heavy atom. The molecular weight excluding hydrogens is 388 g/mol. The molecule has 0 saturated carbocycles. The van der Waals surface area contributed by atoms with E-state index in [1.165, 1.54) is 0 Å². The van der Waals surface area contributed by atoms with Crippen LogP contribution in [-0.4, -0.2) is 6.54 Å². The number of hydrogen-bond donors (Lipinski definition) is 0. The van der Waals surface area contributed by atoms with E-state index in [1.807, 2.05) is 6.07 Å². The molecule has 0 aliphatic rings. The van der Waals surface area contributed by atoms with Gasteiger partial charge in [-0.3, -0.25) is 0 Å². The molecule has 0 radical (unpaired) electrons. The summed E-state index contributed by atoms with van der Waals surface area (Å²) in [5.41, 5.74) is 0. The van der Waals surface area contributed by atoms with Crippen molar-refractivity contribution < 1.29 is 8.39 Å². The molecule has 1 aromatic carbocycles. The first-order chi connectivity index (χ1) is 5.99. The van der Waals surface area contributed by atoms with Gasteiger partial charge in [-0.25, -0.2) is 8.39 Å². The van der Waals surface area contributed by atoms with Gasteiger partial charge in [0.1, 0.15) is 0 Å². The molecule has 2 nitrogen and oxygen atoms in total. The molecule has 13 heavy (non-hydrogen) atoms.